The zero-order valence-electron chi connectivity index (χ0n) is 17.6. The lowest BCUT2D eigenvalue weighted by molar-refractivity contribution is 0.0980. The Hall–Kier alpha value is -3.81. The molecule has 0 saturated heterocycles. The van der Waals surface area contributed by atoms with Gasteiger partial charge in [0.15, 0.2) is 17.3 Å². The Labute approximate surface area is 184 Å². The molecule has 8 heteroatoms. The minimum atomic E-state index is -0.298. The second-order valence-electron chi connectivity index (χ2n) is 8.25. The first-order chi connectivity index (χ1) is 15.6. The van der Waals surface area contributed by atoms with Crippen LogP contribution >= 0.6 is 0 Å². The number of benzene rings is 2. The standard InChI is InChI=1S/C24H21FN6O/c1-29-13-14-30(23-22(29)26-18-6-2-3-7-19(18)27-23)24(32)21-17-5-4-8-20(17)31(28-21)16-11-9-15(25)10-12-16/h2-3,6-7,9-12H,4-5,8,13-14H2,1H3. The van der Waals surface area contributed by atoms with Gasteiger partial charge in [0.25, 0.3) is 5.91 Å². The second kappa shape index (κ2) is 7.12. The fourth-order valence-corrected chi connectivity index (χ4v) is 4.61. The van der Waals surface area contributed by atoms with Crippen LogP contribution in [0.25, 0.3) is 16.7 Å². The number of anilines is 2. The van der Waals surface area contributed by atoms with Gasteiger partial charge in [-0.15, -0.1) is 0 Å². The number of rotatable bonds is 2. The van der Waals surface area contributed by atoms with Gasteiger partial charge in [-0.25, -0.2) is 19.0 Å². The van der Waals surface area contributed by atoms with Gasteiger partial charge >= 0.3 is 0 Å². The quantitative estimate of drug-likeness (QED) is 0.489. The van der Waals surface area contributed by atoms with Crippen molar-refractivity contribution < 1.29 is 9.18 Å². The van der Waals surface area contributed by atoms with Gasteiger partial charge in [-0.3, -0.25) is 9.69 Å². The van der Waals surface area contributed by atoms with E-state index >= 15 is 0 Å². The van der Waals surface area contributed by atoms with Crippen molar-refractivity contribution in [2.45, 2.75) is 19.3 Å². The summed E-state index contributed by atoms with van der Waals surface area (Å²) in [6.45, 7) is 1.17. The predicted molar refractivity (Wildman–Crippen MR) is 120 cm³/mol. The Morgan fingerprint density at radius 3 is 2.41 bits per heavy atom. The molecule has 1 aliphatic heterocycles. The highest BCUT2D eigenvalue weighted by Gasteiger charge is 2.34. The van der Waals surface area contributed by atoms with E-state index in [-0.39, 0.29) is 11.7 Å². The number of para-hydroxylation sites is 2. The smallest absolute Gasteiger partial charge is 0.280 e. The summed E-state index contributed by atoms with van der Waals surface area (Å²) in [5.41, 5.74) is 4.77. The molecule has 6 rings (SSSR count). The summed E-state index contributed by atoms with van der Waals surface area (Å²) < 4.78 is 15.2. The lowest BCUT2D eigenvalue weighted by Crippen LogP contribution is -2.44. The molecule has 32 heavy (non-hydrogen) atoms. The second-order valence-corrected chi connectivity index (χ2v) is 8.25. The van der Waals surface area contributed by atoms with Crippen molar-refractivity contribution in [1.29, 1.82) is 0 Å². The highest BCUT2D eigenvalue weighted by atomic mass is 19.1. The molecule has 1 amide bonds. The number of hydrogen-bond donors (Lipinski definition) is 0. The Morgan fingerprint density at radius 2 is 1.66 bits per heavy atom. The maximum atomic E-state index is 13.8. The summed E-state index contributed by atoms with van der Waals surface area (Å²) in [5, 5.41) is 4.70. The maximum Gasteiger partial charge on any atom is 0.280 e. The lowest BCUT2D eigenvalue weighted by Gasteiger charge is -2.33. The van der Waals surface area contributed by atoms with Gasteiger partial charge in [0.05, 0.1) is 16.7 Å². The van der Waals surface area contributed by atoms with Crippen LogP contribution < -0.4 is 9.80 Å². The van der Waals surface area contributed by atoms with E-state index in [9.17, 15) is 9.18 Å². The first-order valence-electron chi connectivity index (χ1n) is 10.8. The average Bonchev–Trinajstić information content (AvgIpc) is 3.42. The van der Waals surface area contributed by atoms with Crippen molar-refractivity contribution >= 4 is 28.6 Å². The van der Waals surface area contributed by atoms with Crippen LogP contribution in [0.15, 0.2) is 48.5 Å². The third kappa shape index (κ3) is 2.86. The number of carbonyl (C=O) groups is 1. The van der Waals surface area contributed by atoms with Crippen molar-refractivity contribution in [1.82, 2.24) is 19.7 Å². The number of amides is 1. The molecule has 0 spiro atoms. The number of carbonyl (C=O) groups excluding carboxylic acids is 1. The number of nitrogens with zero attached hydrogens (tertiary/aromatic N) is 6. The van der Waals surface area contributed by atoms with E-state index < -0.39 is 0 Å². The van der Waals surface area contributed by atoms with Crippen LogP contribution in [0.4, 0.5) is 16.0 Å². The molecule has 0 fully saturated rings. The zero-order chi connectivity index (χ0) is 21.8. The molecule has 0 bridgehead atoms. The van der Waals surface area contributed by atoms with Gasteiger partial charge < -0.3 is 4.90 Å². The summed E-state index contributed by atoms with van der Waals surface area (Å²) in [6, 6.07) is 13.9. The van der Waals surface area contributed by atoms with Crippen LogP contribution in [0.1, 0.15) is 28.2 Å². The first kappa shape index (κ1) is 18.9. The third-order valence-corrected chi connectivity index (χ3v) is 6.26. The van der Waals surface area contributed by atoms with Gasteiger partial charge in [0, 0.05) is 31.4 Å². The van der Waals surface area contributed by atoms with Crippen LogP contribution in [-0.2, 0) is 12.8 Å². The highest BCUT2D eigenvalue weighted by Crippen LogP contribution is 2.34. The van der Waals surface area contributed by atoms with Gasteiger partial charge in [-0.05, 0) is 55.7 Å². The molecule has 1 aliphatic carbocycles. The molecule has 0 N–H and O–H groups in total. The normalized spacial score (nSPS) is 15.2. The summed E-state index contributed by atoms with van der Waals surface area (Å²) >= 11 is 0. The Balaban J connectivity index is 1.45. The molecule has 2 aliphatic rings. The minimum Gasteiger partial charge on any atom is -0.355 e. The van der Waals surface area contributed by atoms with E-state index in [1.54, 1.807) is 21.7 Å². The fraction of sp³-hybridized carbons (Fsp3) is 0.250. The van der Waals surface area contributed by atoms with E-state index in [0.717, 1.165) is 47.2 Å². The van der Waals surface area contributed by atoms with Crippen LogP contribution in [0.5, 0.6) is 0 Å². The van der Waals surface area contributed by atoms with Crippen LogP contribution in [0.2, 0.25) is 0 Å². The molecular weight excluding hydrogens is 407 g/mol. The number of hydrogen-bond acceptors (Lipinski definition) is 5. The molecule has 0 saturated carbocycles. The van der Waals surface area contributed by atoms with Crippen LogP contribution in [-0.4, -0.2) is 45.8 Å². The average molecular weight is 428 g/mol. The zero-order valence-corrected chi connectivity index (χ0v) is 17.6. The van der Waals surface area contributed by atoms with Gasteiger partial charge in [-0.2, -0.15) is 5.10 Å². The maximum absolute atomic E-state index is 13.8. The predicted octanol–water partition coefficient (Wildman–Crippen LogP) is 3.54. The van der Waals surface area contributed by atoms with E-state index in [4.69, 9.17) is 15.1 Å². The van der Waals surface area contributed by atoms with Gasteiger partial charge in [-0.1, -0.05) is 12.1 Å². The number of aromatic nitrogens is 4. The number of fused-ring (bicyclic) bond motifs is 3. The van der Waals surface area contributed by atoms with Crippen molar-refractivity contribution in [3.63, 3.8) is 0 Å². The van der Waals surface area contributed by atoms with Gasteiger partial charge in [0.1, 0.15) is 5.82 Å². The number of halogens is 1. The van der Waals surface area contributed by atoms with Crippen molar-refractivity contribution in [2.75, 3.05) is 29.9 Å². The topological polar surface area (TPSA) is 67.2 Å². The molecule has 7 nitrogen and oxygen atoms in total. The van der Waals surface area contributed by atoms with Crippen LogP contribution in [0.3, 0.4) is 0 Å². The van der Waals surface area contributed by atoms with Crippen molar-refractivity contribution in [3.8, 4) is 5.69 Å². The highest BCUT2D eigenvalue weighted by molar-refractivity contribution is 6.07. The summed E-state index contributed by atoms with van der Waals surface area (Å²) in [5.74, 6) is 0.792. The molecule has 160 valence electrons. The molecular formula is C24H21FN6O. The van der Waals surface area contributed by atoms with E-state index in [1.165, 1.54) is 12.1 Å². The first-order valence-corrected chi connectivity index (χ1v) is 10.8. The van der Waals surface area contributed by atoms with Gasteiger partial charge in [0.2, 0.25) is 0 Å². The third-order valence-electron chi connectivity index (χ3n) is 6.26. The Bertz CT molecular complexity index is 1360. The lowest BCUT2D eigenvalue weighted by atomic mass is 10.1. The van der Waals surface area contributed by atoms with Crippen molar-refractivity contribution in [2.24, 2.45) is 0 Å². The minimum absolute atomic E-state index is 0.164. The Morgan fingerprint density at radius 1 is 0.938 bits per heavy atom. The van der Waals surface area contributed by atoms with Crippen LogP contribution in [0, 0.1) is 5.82 Å². The fourth-order valence-electron chi connectivity index (χ4n) is 4.61. The molecule has 0 atom stereocenters. The largest absolute Gasteiger partial charge is 0.355 e. The monoisotopic (exact) mass is 428 g/mol. The Kier molecular flexibility index (Phi) is 4.21. The molecule has 4 aromatic rings. The van der Waals surface area contributed by atoms with E-state index in [0.29, 0.717) is 30.4 Å². The van der Waals surface area contributed by atoms with E-state index in [1.807, 2.05) is 36.2 Å². The molecule has 0 unspecified atom stereocenters. The summed E-state index contributed by atoms with van der Waals surface area (Å²) in [6.07, 6.45) is 2.62. The summed E-state index contributed by atoms with van der Waals surface area (Å²) in [4.78, 5) is 27.0. The summed E-state index contributed by atoms with van der Waals surface area (Å²) in [7, 11) is 1.96. The molecule has 2 aromatic heterocycles. The number of likely N-dealkylation sites (N-methyl/N-ethyl adjacent to an activating group) is 1. The SMILES string of the molecule is CN1CCN(C(=O)c2nn(-c3ccc(F)cc3)c3c2CCC3)c2nc3ccccc3nc21. The van der Waals surface area contributed by atoms with Crippen molar-refractivity contribution in [3.05, 3.63) is 71.3 Å². The van der Waals surface area contributed by atoms with E-state index in [2.05, 4.69) is 0 Å². The molecule has 0 radical (unpaired) electrons. The molecule has 3 heterocycles. The molecule has 2 aromatic carbocycles.